The Kier molecular flexibility index (Phi) is 2.28. The van der Waals surface area contributed by atoms with E-state index in [1.165, 1.54) is 11.3 Å². The van der Waals surface area contributed by atoms with Crippen molar-refractivity contribution in [2.75, 3.05) is 0 Å². The van der Waals surface area contributed by atoms with Crippen LogP contribution in [0.4, 0.5) is 0 Å². The quantitative estimate of drug-likeness (QED) is 0.812. The van der Waals surface area contributed by atoms with Crippen molar-refractivity contribution in [3.63, 3.8) is 0 Å². The van der Waals surface area contributed by atoms with E-state index in [-0.39, 0.29) is 5.91 Å². The van der Waals surface area contributed by atoms with Gasteiger partial charge in [-0.25, -0.2) is 0 Å². The van der Waals surface area contributed by atoms with E-state index in [1.807, 2.05) is 17.5 Å². The Bertz CT molecular complexity index is 450. The first-order chi connectivity index (χ1) is 6.77. The molecule has 14 heavy (non-hydrogen) atoms. The van der Waals surface area contributed by atoms with Gasteiger partial charge in [0, 0.05) is 12.4 Å². The number of hydrogen-bond donors (Lipinski definition) is 1. The monoisotopic (exact) mass is 204 g/mol. The van der Waals surface area contributed by atoms with Gasteiger partial charge in [0.15, 0.2) is 0 Å². The fourth-order valence-corrected chi connectivity index (χ4v) is 1.93. The summed E-state index contributed by atoms with van der Waals surface area (Å²) >= 11 is 1.36. The first-order valence-corrected chi connectivity index (χ1v) is 4.94. The third kappa shape index (κ3) is 1.65. The van der Waals surface area contributed by atoms with Crippen LogP contribution >= 0.6 is 11.3 Å². The molecule has 0 aliphatic heterocycles. The number of pyridine rings is 1. The molecule has 2 N–H and O–H groups in total. The molecule has 0 radical (unpaired) electrons. The van der Waals surface area contributed by atoms with Crippen LogP contribution in [0.15, 0.2) is 36.0 Å². The molecule has 0 bridgehead atoms. The van der Waals surface area contributed by atoms with Gasteiger partial charge in [-0.15, -0.1) is 11.3 Å². The molecule has 3 nitrogen and oxygen atoms in total. The molecule has 0 unspecified atom stereocenters. The lowest BCUT2D eigenvalue weighted by Crippen LogP contribution is -2.08. The topological polar surface area (TPSA) is 56.0 Å². The van der Waals surface area contributed by atoms with Crippen molar-refractivity contribution in [2.24, 2.45) is 5.73 Å². The lowest BCUT2D eigenvalue weighted by atomic mass is 10.1. The molecule has 2 rings (SSSR count). The second kappa shape index (κ2) is 3.59. The van der Waals surface area contributed by atoms with Crippen molar-refractivity contribution in [3.05, 3.63) is 40.8 Å². The van der Waals surface area contributed by atoms with Gasteiger partial charge < -0.3 is 5.73 Å². The number of nitrogens with zero attached hydrogens (tertiary/aromatic N) is 1. The Morgan fingerprint density at radius 1 is 1.29 bits per heavy atom. The standard InChI is InChI=1S/C10H8N2OS/c11-10(13)9-5-8(6-14-9)7-1-3-12-4-2-7/h1-6H,(H2,11,13). The summed E-state index contributed by atoms with van der Waals surface area (Å²) in [5.41, 5.74) is 7.22. The van der Waals surface area contributed by atoms with Crippen molar-refractivity contribution < 1.29 is 4.79 Å². The van der Waals surface area contributed by atoms with E-state index < -0.39 is 0 Å². The van der Waals surface area contributed by atoms with E-state index in [0.717, 1.165) is 11.1 Å². The summed E-state index contributed by atoms with van der Waals surface area (Å²) in [6.07, 6.45) is 3.44. The highest BCUT2D eigenvalue weighted by Gasteiger charge is 2.05. The molecule has 0 fully saturated rings. The molecule has 0 saturated heterocycles. The summed E-state index contributed by atoms with van der Waals surface area (Å²) in [6.45, 7) is 0. The molecule has 0 aliphatic carbocycles. The fraction of sp³-hybridized carbons (Fsp3) is 0. The number of carbonyl (C=O) groups is 1. The Hall–Kier alpha value is -1.68. The molecule has 0 atom stereocenters. The molecule has 4 heteroatoms. The van der Waals surface area contributed by atoms with Crippen molar-refractivity contribution in [1.82, 2.24) is 4.98 Å². The van der Waals surface area contributed by atoms with Crippen LogP contribution in [-0.4, -0.2) is 10.9 Å². The molecule has 1 amide bonds. The lowest BCUT2D eigenvalue weighted by molar-refractivity contribution is 0.100. The number of primary amides is 1. The highest BCUT2D eigenvalue weighted by atomic mass is 32.1. The van der Waals surface area contributed by atoms with E-state index in [9.17, 15) is 4.79 Å². The Labute approximate surface area is 85.2 Å². The van der Waals surface area contributed by atoms with E-state index in [4.69, 9.17) is 5.73 Å². The van der Waals surface area contributed by atoms with E-state index in [0.29, 0.717) is 4.88 Å². The maximum absolute atomic E-state index is 10.9. The molecule has 0 aromatic carbocycles. The number of hydrogen-bond acceptors (Lipinski definition) is 3. The minimum absolute atomic E-state index is 0.379. The number of aromatic nitrogens is 1. The van der Waals surface area contributed by atoms with E-state index in [2.05, 4.69) is 4.98 Å². The van der Waals surface area contributed by atoms with Gasteiger partial charge >= 0.3 is 0 Å². The molecular formula is C10H8N2OS. The highest BCUT2D eigenvalue weighted by molar-refractivity contribution is 7.12. The van der Waals surface area contributed by atoms with Crippen molar-refractivity contribution in [1.29, 1.82) is 0 Å². The van der Waals surface area contributed by atoms with Crippen LogP contribution < -0.4 is 5.73 Å². The average Bonchev–Trinajstić information content (AvgIpc) is 2.68. The third-order valence-corrected chi connectivity index (χ3v) is 2.80. The summed E-state index contributed by atoms with van der Waals surface area (Å²) in [7, 11) is 0. The average molecular weight is 204 g/mol. The van der Waals surface area contributed by atoms with Crippen molar-refractivity contribution in [2.45, 2.75) is 0 Å². The number of rotatable bonds is 2. The molecule has 0 saturated carbocycles. The van der Waals surface area contributed by atoms with Gasteiger partial charge in [0.2, 0.25) is 0 Å². The Morgan fingerprint density at radius 2 is 2.00 bits per heavy atom. The zero-order valence-electron chi connectivity index (χ0n) is 7.31. The van der Waals surface area contributed by atoms with Crippen LogP contribution in [-0.2, 0) is 0 Å². The summed E-state index contributed by atoms with van der Waals surface area (Å²) in [5, 5.41) is 1.91. The highest BCUT2D eigenvalue weighted by Crippen LogP contribution is 2.24. The largest absolute Gasteiger partial charge is 0.365 e. The zero-order valence-corrected chi connectivity index (χ0v) is 8.12. The van der Waals surface area contributed by atoms with Gasteiger partial charge in [-0.1, -0.05) is 0 Å². The molecule has 2 aromatic heterocycles. The van der Waals surface area contributed by atoms with Gasteiger partial charge in [-0.05, 0) is 34.7 Å². The zero-order chi connectivity index (χ0) is 9.97. The van der Waals surface area contributed by atoms with Gasteiger partial charge in [0.05, 0.1) is 4.88 Å². The summed E-state index contributed by atoms with van der Waals surface area (Å²) < 4.78 is 0. The second-order valence-electron chi connectivity index (χ2n) is 2.80. The summed E-state index contributed by atoms with van der Waals surface area (Å²) in [4.78, 5) is 15.4. The first-order valence-electron chi connectivity index (χ1n) is 4.06. The van der Waals surface area contributed by atoms with Gasteiger partial charge in [0.1, 0.15) is 0 Å². The Balaban J connectivity index is 2.39. The van der Waals surface area contributed by atoms with Gasteiger partial charge in [-0.2, -0.15) is 0 Å². The lowest BCUT2D eigenvalue weighted by Gasteiger charge is -1.93. The maximum atomic E-state index is 10.9. The normalized spacial score (nSPS) is 10.0. The summed E-state index contributed by atoms with van der Waals surface area (Å²) in [6, 6.07) is 5.59. The van der Waals surface area contributed by atoms with E-state index >= 15 is 0 Å². The van der Waals surface area contributed by atoms with Crippen LogP contribution in [0.1, 0.15) is 9.67 Å². The van der Waals surface area contributed by atoms with Crippen molar-refractivity contribution in [3.8, 4) is 11.1 Å². The number of nitrogens with two attached hydrogens (primary N) is 1. The minimum atomic E-state index is -0.379. The fourth-order valence-electron chi connectivity index (χ4n) is 1.16. The third-order valence-electron chi connectivity index (χ3n) is 1.86. The molecule has 0 spiro atoms. The van der Waals surface area contributed by atoms with Crippen molar-refractivity contribution >= 4 is 17.2 Å². The number of carbonyl (C=O) groups excluding carboxylic acids is 1. The number of amides is 1. The van der Waals surface area contributed by atoms with Crippen LogP contribution in [0.25, 0.3) is 11.1 Å². The predicted octanol–water partition coefficient (Wildman–Crippen LogP) is 1.91. The second-order valence-corrected chi connectivity index (χ2v) is 3.71. The van der Waals surface area contributed by atoms with Gasteiger partial charge in [0.25, 0.3) is 5.91 Å². The number of thiophene rings is 1. The SMILES string of the molecule is NC(=O)c1cc(-c2ccncc2)cs1. The molecular weight excluding hydrogens is 196 g/mol. The molecule has 2 heterocycles. The van der Waals surface area contributed by atoms with E-state index in [1.54, 1.807) is 18.5 Å². The molecule has 2 aromatic rings. The van der Waals surface area contributed by atoms with Crippen LogP contribution in [0.3, 0.4) is 0 Å². The minimum Gasteiger partial charge on any atom is -0.365 e. The van der Waals surface area contributed by atoms with Crippen LogP contribution in [0, 0.1) is 0 Å². The van der Waals surface area contributed by atoms with Gasteiger partial charge in [-0.3, -0.25) is 9.78 Å². The van der Waals surface area contributed by atoms with Crippen LogP contribution in [0.2, 0.25) is 0 Å². The molecule has 0 aliphatic rings. The summed E-state index contributed by atoms with van der Waals surface area (Å²) in [5.74, 6) is -0.379. The maximum Gasteiger partial charge on any atom is 0.258 e. The molecule has 70 valence electrons. The Morgan fingerprint density at radius 3 is 2.57 bits per heavy atom. The van der Waals surface area contributed by atoms with Crippen LogP contribution in [0.5, 0.6) is 0 Å². The first kappa shape index (κ1) is 8.90. The smallest absolute Gasteiger partial charge is 0.258 e. The predicted molar refractivity (Wildman–Crippen MR) is 56.1 cm³/mol.